The highest BCUT2D eigenvalue weighted by molar-refractivity contribution is 5.73. The Labute approximate surface area is 63.4 Å². The number of rotatable bonds is 2. The molecule has 11 heavy (non-hydrogen) atoms. The Morgan fingerprint density at radius 1 is 1.45 bits per heavy atom. The average molecular weight is 149 g/mol. The zero-order chi connectivity index (χ0) is 8.10. The fraction of sp³-hybridized carbons (Fsp3) is 0. The molecule has 0 saturated heterocycles. The molecule has 1 aromatic heterocycles. The highest BCUT2D eigenvalue weighted by Crippen LogP contribution is 1.89. The van der Waals surface area contributed by atoms with E-state index in [9.17, 15) is 9.59 Å². The monoisotopic (exact) mass is 149 g/mol. The van der Waals surface area contributed by atoms with Crippen LogP contribution in [-0.2, 0) is 4.79 Å². The van der Waals surface area contributed by atoms with Gasteiger partial charge < -0.3 is 4.98 Å². The van der Waals surface area contributed by atoms with Gasteiger partial charge in [0.25, 0.3) is 0 Å². The van der Waals surface area contributed by atoms with Crippen LogP contribution in [0.5, 0.6) is 0 Å². The van der Waals surface area contributed by atoms with Crippen LogP contribution in [0.1, 0.15) is 5.56 Å². The summed E-state index contributed by atoms with van der Waals surface area (Å²) in [5.41, 5.74) is 0.390. The number of hydrogen-bond donors (Lipinski definition) is 1. The van der Waals surface area contributed by atoms with Gasteiger partial charge in [0.2, 0.25) is 0 Å². The molecule has 3 nitrogen and oxygen atoms in total. The maximum atomic E-state index is 10.9. The molecule has 0 bridgehead atoms. The number of nitrogens with one attached hydrogen (secondary N) is 1. The number of carbonyl (C=O) groups excluding carboxylic acids is 1. The summed E-state index contributed by atoms with van der Waals surface area (Å²) >= 11 is 0. The minimum absolute atomic E-state index is 0.0955. The topological polar surface area (TPSA) is 49.9 Å². The molecule has 0 aliphatic rings. The normalized spacial score (nSPS) is 10.2. The smallest absolute Gasteiger partial charge is 0.188 e. The van der Waals surface area contributed by atoms with Gasteiger partial charge in [0, 0.05) is 24.0 Å². The fourth-order valence-corrected chi connectivity index (χ4v) is 0.702. The standard InChI is InChI=1S/C8H7NO2/c10-5-1-2-7-6-9-4-3-8(7)11/h1-6H,(H,9,11). The fourth-order valence-electron chi connectivity index (χ4n) is 0.702. The average Bonchev–Trinajstić information content (AvgIpc) is 2.03. The van der Waals surface area contributed by atoms with Crippen molar-refractivity contribution < 1.29 is 4.79 Å². The molecule has 1 N–H and O–H groups in total. The Morgan fingerprint density at radius 3 is 2.91 bits per heavy atom. The number of aldehydes is 1. The summed E-state index contributed by atoms with van der Waals surface area (Å²) in [6.45, 7) is 0. The summed E-state index contributed by atoms with van der Waals surface area (Å²) in [5.74, 6) is 0. The van der Waals surface area contributed by atoms with E-state index in [0.717, 1.165) is 0 Å². The van der Waals surface area contributed by atoms with Gasteiger partial charge in [-0.2, -0.15) is 0 Å². The summed E-state index contributed by atoms with van der Waals surface area (Å²) < 4.78 is 0. The lowest BCUT2D eigenvalue weighted by Crippen LogP contribution is -2.01. The number of allylic oxidation sites excluding steroid dienone is 1. The van der Waals surface area contributed by atoms with Crippen LogP contribution in [-0.4, -0.2) is 11.3 Å². The van der Waals surface area contributed by atoms with Crippen LogP contribution in [0.15, 0.2) is 29.3 Å². The van der Waals surface area contributed by atoms with Crippen LogP contribution < -0.4 is 5.43 Å². The van der Waals surface area contributed by atoms with Crippen LogP contribution >= 0.6 is 0 Å². The lowest BCUT2D eigenvalue weighted by molar-refractivity contribution is -0.104. The summed E-state index contributed by atoms with van der Waals surface area (Å²) in [4.78, 5) is 23.6. The van der Waals surface area contributed by atoms with E-state index in [1.807, 2.05) is 0 Å². The van der Waals surface area contributed by atoms with Crippen molar-refractivity contribution in [3.63, 3.8) is 0 Å². The number of aromatic nitrogens is 1. The van der Waals surface area contributed by atoms with Crippen molar-refractivity contribution in [3.8, 4) is 0 Å². The Morgan fingerprint density at radius 2 is 2.27 bits per heavy atom. The first-order chi connectivity index (χ1) is 5.34. The Kier molecular flexibility index (Phi) is 2.38. The molecule has 0 unspecified atom stereocenters. The van der Waals surface area contributed by atoms with Crippen LogP contribution in [0.4, 0.5) is 0 Å². The Bertz CT molecular complexity index is 325. The van der Waals surface area contributed by atoms with E-state index < -0.39 is 0 Å². The van der Waals surface area contributed by atoms with Gasteiger partial charge in [-0.1, -0.05) is 0 Å². The second kappa shape index (κ2) is 3.51. The second-order valence-electron chi connectivity index (χ2n) is 1.96. The third kappa shape index (κ3) is 1.89. The molecular weight excluding hydrogens is 142 g/mol. The molecular formula is C8H7NO2. The predicted molar refractivity (Wildman–Crippen MR) is 42.2 cm³/mol. The van der Waals surface area contributed by atoms with E-state index in [2.05, 4.69) is 4.98 Å². The summed E-state index contributed by atoms with van der Waals surface area (Å²) in [6.07, 6.45) is 6.46. The van der Waals surface area contributed by atoms with E-state index >= 15 is 0 Å². The van der Waals surface area contributed by atoms with E-state index in [4.69, 9.17) is 0 Å². The maximum Gasteiger partial charge on any atom is 0.188 e. The van der Waals surface area contributed by atoms with Gasteiger partial charge in [-0.15, -0.1) is 0 Å². The van der Waals surface area contributed by atoms with Gasteiger partial charge in [-0.05, 0) is 12.2 Å². The van der Waals surface area contributed by atoms with E-state index in [0.29, 0.717) is 11.8 Å². The summed E-state index contributed by atoms with van der Waals surface area (Å²) in [6, 6.07) is 1.41. The first-order valence-electron chi connectivity index (χ1n) is 3.13. The Balaban J connectivity index is 3.04. The van der Waals surface area contributed by atoms with Crippen molar-refractivity contribution in [1.82, 2.24) is 4.98 Å². The molecule has 1 rings (SSSR count). The third-order valence-electron chi connectivity index (χ3n) is 1.21. The molecule has 0 saturated carbocycles. The third-order valence-corrected chi connectivity index (χ3v) is 1.21. The SMILES string of the molecule is O=CC=Cc1c[nH]ccc1=O. The first kappa shape index (κ1) is 7.47. The predicted octanol–water partition coefficient (Wildman–Crippen LogP) is 0.587. The van der Waals surface area contributed by atoms with Crippen LogP contribution in [0.3, 0.4) is 0 Å². The van der Waals surface area contributed by atoms with Crippen LogP contribution in [0.25, 0.3) is 6.08 Å². The van der Waals surface area contributed by atoms with Gasteiger partial charge in [0.15, 0.2) is 5.43 Å². The summed E-state index contributed by atoms with van der Waals surface area (Å²) in [7, 11) is 0. The van der Waals surface area contributed by atoms with Crippen molar-refractivity contribution >= 4 is 12.4 Å². The molecule has 0 fully saturated rings. The maximum absolute atomic E-state index is 10.9. The van der Waals surface area contributed by atoms with E-state index in [1.54, 1.807) is 12.4 Å². The molecule has 0 amide bonds. The molecule has 3 heteroatoms. The quantitative estimate of drug-likeness (QED) is 0.494. The minimum atomic E-state index is -0.0955. The second-order valence-corrected chi connectivity index (χ2v) is 1.96. The lowest BCUT2D eigenvalue weighted by Gasteiger charge is -1.87. The molecule has 1 heterocycles. The van der Waals surface area contributed by atoms with Crippen molar-refractivity contribution in [2.24, 2.45) is 0 Å². The number of carbonyl (C=O) groups is 1. The van der Waals surface area contributed by atoms with Crippen molar-refractivity contribution in [2.45, 2.75) is 0 Å². The van der Waals surface area contributed by atoms with E-state index in [-0.39, 0.29) is 5.43 Å². The van der Waals surface area contributed by atoms with Gasteiger partial charge >= 0.3 is 0 Å². The van der Waals surface area contributed by atoms with Gasteiger partial charge in [0.05, 0.1) is 0 Å². The number of H-pyrrole nitrogens is 1. The van der Waals surface area contributed by atoms with Gasteiger partial charge in [-0.3, -0.25) is 9.59 Å². The van der Waals surface area contributed by atoms with Crippen LogP contribution in [0.2, 0.25) is 0 Å². The number of hydrogen-bond acceptors (Lipinski definition) is 2. The molecule has 0 radical (unpaired) electrons. The molecule has 0 atom stereocenters. The molecule has 0 aromatic carbocycles. The van der Waals surface area contributed by atoms with Crippen LogP contribution in [0, 0.1) is 0 Å². The molecule has 0 aliphatic heterocycles. The number of aromatic amines is 1. The van der Waals surface area contributed by atoms with Gasteiger partial charge in [0.1, 0.15) is 6.29 Å². The van der Waals surface area contributed by atoms with Crippen molar-refractivity contribution in [1.29, 1.82) is 0 Å². The molecule has 0 aliphatic carbocycles. The minimum Gasteiger partial charge on any atom is -0.367 e. The zero-order valence-electron chi connectivity index (χ0n) is 5.78. The molecule has 56 valence electrons. The Hall–Kier alpha value is -1.64. The van der Waals surface area contributed by atoms with Gasteiger partial charge in [-0.25, -0.2) is 0 Å². The highest BCUT2D eigenvalue weighted by Gasteiger charge is 1.89. The van der Waals surface area contributed by atoms with E-state index in [1.165, 1.54) is 18.2 Å². The largest absolute Gasteiger partial charge is 0.367 e. The first-order valence-corrected chi connectivity index (χ1v) is 3.13. The zero-order valence-corrected chi connectivity index (χ0v) is 5.78. The molecule has 1 aromatic rings. The highest BCUT2D eigenvalue weighted by atomic mass is 16.1. The number of pyridine rings is 1. The van der Waals surface area contributed by atoms with Crippen molar-refractivity contribution in [2.75, 3.05) is 0 Å². The van der Waals surface area contributed by atoms with Crippen molar-refractivity contribution in [3.05, 3.63) is 40.3 Å². The molecule has 0 spiro atoms. The summed E-state index contributed by atoms with van der Waals surface area (Å²) in [5, 5.41) is 0. The lowest BCUT2D eigenvalue weighted by atomic mass is 10.2.